The quantitative estimate of drug-likeness (QED) is 0.0157. The lowest BCUT2D eigenvalue weighted by molar-refractivity contribution is -0.142. The zero-order valence-corrected chi connectivity index (χ0v) is 70.3. The van der Waals surface area contributed by atoms with Crippen molar-refractivity contribution in [3.8, 4) is 0 Å². The molecule has 5 rings (SSSR count). The number of nitrogens with zero attached hydrogens (tertiary/aromatic N) is 2. The number of nitrogens with one attached hydrogen (secondary N) is 9. The third-order valence-electron chi connectivity index (χ3n) is 17.9. The number of thioether (sulfide) groups is 1. The largest absolute Gasteiger partial charge is 0.481 e. The predicted octanol–water partition coefficient (Wildman–Crippen LogP) is 6.80. The van der Waals surface area contributed by atoms with Gasteiger partial charge in [-0.2, -0.15) is 11.8 Å². The Morgan fingerprint density at radius 3 is 1.27 bits per heavy atom. The highest BCUT2D eigenvalue weighted by molar-refractivity contribution is 14.1. The second-order valence-electron chi connectivity index (χ2n) is 27.1. The van der Waals surface area contributed by atoms with Gasteiger partial charge in [0.15, 0.2) is 0 Å². The number of ketones is 1. The normalized spacial score (nSPS) is 15.1. The second kappa shape index (κ2) is 55.6. The molecule has 117 heavy (non-hydrogen) atoms. The minimum atomic E-state index is -1.50. The number of carbonyl (C=O) groups is 17. The molecule has 42 heteroatoms. The molecule has 2 aliphatic rings. The molecule has 646 valence electrons. The van der Waals surface area contributed by atoms with Crippen LogP contribution in [0, 0.1) is 3.57 Å². The summed E-state index contributed by atoms with van der Waals surface area (Å²) in [6, 6.07) is 11.0. The van der Waals surface area contributed by atoms with Crippen molar-refractivity contribution in [2.75, 3.05) is 38.6 Å². The highest BCUT2D eigenvalue weighted by atomic mass is 127. The van der Waals surface area contributed by atoms with E-state index in [0.29, 0.717) is 108 Å². The molecule has 0 saturated carbocycles. The lowest BCUT2D eigenvalue weighted by Crippen LogP contribution is -2.51. The maximum absolute atomic E-state index is 13.2. The molecule has 2 saturated heterocycles. The fourth-order valence-electron chi connectivity index (χ4n) is 11.6. The van der Waals surface area contributed by atoms with Gasteiger partial charge < -0.3 is 108 Å². The number of Topliss-reactive ketones (excluding diaryl/α,β-unsaturated/α-hetero) is 1. The summed E-state index contributed by atoms with van der Waals surface area (Å²) in [4.78, 5) is 201. The van der Waals surface area contributed by atoms with Crippen molar-refractivity contribution in [2.45, 2.75) is 215 Å². The number of hydrogen-bond donors (Lipinski definition) is 18. The van der Waals surface area contributed by atoms with Gasteiger partial charge in [-0.1, -0.05) is 62.5 Å². The molecule has 0 radical (unpaired) electrons. The highest BCUT2D eigenvalue weighted by Gasteiger charge is 2.42. The van der Waals surface area contributed by atoms with Gasteiger partial charge in [0.25, 0.3) is 5.91 Å². The van der Waals surface area contributed by atoms with Crippen LogP contribution in [0.4, 0.5) is 19.2 Å². The maximum Gasteiger partial charge on any atom is 0.326 e. The fraction of sp³-hybridized carbons (Fsp3) is 0.533. The first kappa shape index (κ1) is 101. The number of carbonyl (C=O) groups excluding carboxylic acids is 8. The van der Waals surface area contributed by atoms with Crippen LogP contribution in [0.1, 0.15) is 170 Å². The molecule has 0 aliphatic carbocycles. The maximum atomic E-state index is 13.2. The minimum absolute atomic E-state index is 0.00952. The van der Waals surface area contributed by atoms with E-state index in [-0.39, 0.29) is 93.2 Å². The molecule has 11 amide bonds. The molecular formula is C75H102Br2IN11O27S. The average molecular weight is 1910 g/mol. The molecule has 2 fully saturated rings. The lowest BCUT2D eigenvalue weighted by atomic mass is 10.0. The van der Waals surface area contributed by atoms with Gasteiger partial charge in [0.2, 0.25) is 11.8 Å². The molecule has 38 nitrogen and oxygen atoms in total. The number of urea groups is 4. The molecule has 0 unspecified atom stereocenters. The van der Waals surface area contributed by atoms with Crippen molar-refractivity contribution in [2.24, 2.45) is 0 Å². The Morgan fingerprint density at radius 2 is 0.863 bits per heavy atom. The Kier molecular flexibility index (Phi) is 48.1. The van der Waals surface area contributed by atoms with Gasteiger partial charge in [-0.15, -0.1) is 0 Å². The van der Waals surface area contributed by atoms with Crippen molar-refractivity contribution >= 4 is 168 Å². The molecule has 0 aromatic heterocycles. The van der Waals surface area contributed by atoms with E-state index in [1.54, 1.807) is 34.1 Å². The third-order valence-corrected chi connectivity index (χ3v) is 21.2. The van der Waals surface area contributed by atoms with Crippen LogP contribution in [0.3, 0.4) is 0 Å². The van der Waals surface area contributed by atoms with Crippen molar-refractivity contribution in [1.82, 2.24) is 57.7 Å². The van der Waals surface area contributed by atoms with Crippen LogP contribution in [-0.2, 0) is 75.4 Å². The van der Waals surface area contributed by atoms with Gasteiger partial charge in [-0.25, -0.2) is 47.9 Å². The van der Waals surface area contributed by atoms with Crippen LogP contribution < -0.4 is 47.9 Å². The molecule has 18 N–H and O–H groups in total. The summed E-state index contributed by atoms with van der Waals surface area (Å²) in [5.41, 5.74) is 2.36. The van der Waals surface area contributed by atoms with E-state index >= 15 is 0 Å². The van der Waals surface area contributed by atoms with Crippen LogP contribution in [-0.4, -0.2) is 249 Å². The monoisotopic (exact) mass is 1910 g/mol. The van der Waals surface area contributed by atoms with Crippen LogP contribution in [0.15, 0.2) is 81.7 Å². The smallest absolute Gasteiger partial charge is 0.326 e. The summed E-state index contributed by atoms with van der Waals surface area (Å²) >= 11 is 10.7. The molecular weight excluding hydrogens is 1810 g/mol. The number of rotatable bonds is 53. The van der Waals surface area contributed by atoms with Crippen LogP contribution in [0.5, 0.6) is 0 Å². The van der Waals surface area contributed by atoms with Gasteiger partial charge >= 0.3 is 77.8 Å². The minimum Gasteiger partial charge on any atom is -0.481 e. The second-order valence-corrected chi connectivity index (χ2v) is 31.5. The SMILES string of the molecule is CC(=O)N(CCCC[C@H](NC(=O)N[C@@H](CCC(=O)O)C(=O)O)C(=O)O)Cc1ccc(Br)cc1.O=C(O)CC[C@H](NC(=O)N[C@@H](CCCCN(Cc1ccc(Br)cc1)C(=O)CCOCCCC(=O)CCCC[C@@H]1SC[C@@H]2NC(=O)N[C@@H]21)C(=O)O)C(=O)O.O=C(O)CC[C@H](NC(=O)N[C@@H](CCCCNC(=O)c1ccc(I)cc1)C(=O)O)C(=O)O. The number of halogens is 3. The number of aliphatic carboxylic acids is 9. The fourth-order valence-corrected chi connectivity index (χ4v) is 14.0. The summed E-state index contributed by atoms with van der Waals surface area (Å²) in [6.07, 6.45) is 4.46. The standard InChI is InChI=1S/C35H50BrN5O11S.C21H28BrN3O8.C19H24IN3O8/c36-23-12-10-22(11-13-23)20-41(17-4-3-8-25(32(46)47)37-34(50)38-26(33(48)49)14-15-30(44)45)29(43)16-19-52-18-5-7-24(42)6-1-2-9-28-31-27(21-53-28)39-35(51)40-31;1-13(26)25(12-14-5-7-15(22)8-6-14)11-3-2-4-16(19(29)30)23-21(33)24-17(20(31)32)9-10-18(27)28;20-12-6-4-11(5-7-12)16(26)21-10-2-1-3-13(17(27)28)22-19(31)23-14(18(29)30)8-9-15(24)25/h10-13,25-28,31H,1-9,14-21H2,(H,44,45)(H,46,47)(H,48,49)(H2,37,38,50)(H2,39,40,51);5-8,16-17H,2-4,9-12H2,1H3,(H,27,28)(H,29,30)(H,31,32)(H2,23,24,33);4-7,13-14H,1-3,8-10H2,(H,21,26)(H,24,25)(H,27,28)(H,29,30)(H2,22,23,31)/t25-,26-,27-,28-,31-;16-,17-;13-,14-/m000/s1. The van der Waals surface area contributed by atoms with E-state index in [1.165, 1.54) is 6.92 Å². The number of hydrogen-bond acceptors (Lipinski definition) is 19. The Hall–Kier alpha value is -9.95. The van der Waals surface area contributed by atoms with Crippen LogP contribution in [0.2, 0.25) is 0 Å². The van der Waals surface area contributed by atoms with Crippen LogP contribution >= 0.6 is 66.2 Å². The van der Waals surface area contributed by atoms with Crippen LogP contribution in [0.25, 0.3) is 0 Å². The van der Waals surface area contributed by atoms with E-state index in [0.717, 1.165) is 48.7 Å². The van der Waals surface area contributed by atoms with Gasteiger partial charge in [0.05, 0.1) is 25.1 Å². The first-order chi connectivity index (χ1) is 55.4. The zero-order chi connectivity index (χ0) is 87.1. The molecule has 3 aromatic rings. The highest BCUT2D eigenvalue weighted by Crippen LogP contribution is 2.33. The van der Waals surface area contributed by atoms with E-state index in [1.807, 2.05) is 60.3 Å². The lowest BCUT2D eigenvalue weighted by Gasteiger charge is -2.24. The zero-order valence-electron chi connectivity index (χ0n) is 64.1. The van der Waals surface area contributed by atoms with Crippen molar-refractivity contribution < 1.29 is 132 Å². The summed E-state index contributed by atoms with van der Waals surface area (Å²) in [6.45, 7) is 3.75. The van der Waals surface area contributed by atoms with E-state index in [4.69, 9.17) is 30.3 Å². The summed E-state index contributed by atoms with van der Waals surface area (Å²) in [5, 5.41) is 104. The van der Waals surface area contributed by atoms with E-state index < -0.39 is 127 Å². The number of benzene rings is 3. The van der Waals surface area contributed by atoms with Gasteiger partial charge in [-0.05, 0) is 179 Å². The number of fused-ring (bicyclic) bond motifs is 1. The van der Waals surface area contributed by atoms with E-state index in [2.05, 4.69) is 102 Å². The molecule has 9 atom stereocenters. The van der Waals surface area contributed by atoms with Crippen molar-refractivity contribution in [3.05, 3.63) is 102 Å². The van der Waals surface area contributed by atoms with Gasteiger partial charge in [0.1, 0.15) is 42.0 Å². The first-order valence-electron chi connectivity index (χ1n) is 37.5. The summed E-state index contributed by atoms with van der Waals surface area (Å²) < 4.78 is 8.49. The third kappa shape index (κ3) is 43.7. The Labute approximate surface area is 708 Å². The average Bonchev–Trinajstić information content (AvgIpc) is 1.66. The van der Waals surface area contributed by atoms with Crippen molar-refractivity contribution in [1.29, 1.82) is 0 Å². The predicted molar refractivity (Wildman–Crippen MR) is 436 cm³/mol. The molecule has 3 aromatic carbocycles. The van der Waals surface area contributed by atoms with Crippen molar-refractivity contribution in [3.63, 3.8) is 0 Å². The Bertz CT molecular complexity index is 3820. The van der Waals surface area contributed by atoms with E-state index in [9.17, 15) is 102 Å². The molecule has 0 bridgehead atoms. The van der Waals surface area contributed by atoms with Gasteiger partial charge in [0, 0.05) is 107 Å². The number of carboxylic acids is 9. The number of carboxylic acid groups (broad SMARTS) is 9. The summed E-state index contributed by atoms with van der Waals surface area (Å²) in [7, 11) is 0. The Morgan fingerprint density at radius 1 is 0.470 bits per heavy atom. The Balaban J connectivity index is 0.000000480. The molecule has 0 spiro atoms. The van der Waals surface area contributed by atoms with Gasteiger partial charge in [-0.3, -0.25) is 33.6 Å². The summed E-state index contributed by atoms with van der Waals surface area (Å²) in [5.74, 6) is -11.3. The number of ether oxygens (including phenoxy) is 1. The molecule has 2 heterocycles. The molecule has 2 aliphatic heterocycles. The first-order valence-corrected chi connectivity index (χ1v) is 41.2. The number of amides is 11. The topological polar surface area (TPSA) is 596 Å². The number of unbranched alkanes of at least 4 members (excludes halogenated alkanes) is 4.